The molecule has 0 bridgehead atoms. The Hall–Kier alpha value is -2.68. The fourth-order valence-electron chi connectivity index (χ4n) is 7.48. The first-order valence-corrected chi connectivity index (χ1v) is 20.4. The molecule has 5 aromatic carbocycles. The van der Waals surface area contributed by atoms with Gasteiger partial charge in [-0.25, -0.2) is 0 Å². The number of aryl methyl sites for hydroxylation is 6. The molecule has 0 amide bonds. The van der Waals surface area contributed by atoms with Crippen LogP contribution in [0.25, 0.3) is 0 Å². The first-order chi connectivity index (χ1) is 20.1. The predicted octanol–water partition coefficient (Wildman–Crippen LogP) is 7.64. The van der Waals surface area contributed by atoms with Crippen molar-refractivity contribution in [2.24, 2.45) is 0 Å². The number of halogens is 1. The van der Waals surface area contributed by atoms with E-state index in [1.807, 2.05) is 0 Å². The quantitative estimate of drug-likeness (QED) is 0.0899. The average molecular weight is 680 g/mol. The minimum absolute atomic E-state index is 0.181. The van der Waals surface area contributed by atoms with Crippen LogP contribution >= 0.6 is 26.3 Å². The molecule has 0 radical (unpaired) electrons. The van der Waals surface area contributed by atoms with Gasteiger partial charge in [-0.3, -0.25) is 0 Å². The van der Waals surface area contributed by atoms with Gasteiger partial charge >= 0.3 is 269 Å². The summed E-state index contributed by atoms with van der Waals surface area (Å²) >= 11 is 2.92. The summed E-state index contributed by atoms with van der Waals surface area (Å²) in [4.78, 5) is 0. The van der Waals surface area contributed by atoms with Gasteiger partial charge in [-0.1, -0.05) is 0 Å². The molecule has 0 aromatic heterocycles. The first kappa shape index (κ1) is 30.8. The molecule has 0 N–H and O–H groups in total. The molecule has 0 atom stereocenters. The maximum absolute atomic E-state index is 2.92. The Labute approximate surface area is 267 Å². The Balaban J connectivity index is 1.78. The molecule has 3 heteroatoms. The van der Waals surface area contributed by atoms with Gasteiger partial charge < -0.3 is 0 Å². The van der Waals surface area contributed by atoms with E-state index >= 15 is 0 Å². The third-order valence-electron chi connectivity index (χ3n) is 9.05. The van der Waals surface area contributed by atoms with E-state index in [2.05, 4.69) is 180 Å². The molecule has 0 aliphatic rings. The van der Waals surface area contributed by atoms with Crippen LogP contribution in [-0.2, 0) is 0 Å². The zero-order valence-corrected chi connectivity index (χ0v) is 29.3. The molecule has 0 saturated carbocycles. The SMILES string of the molecule is CCCP(I)(c1ccccc1)(c1ccccc1)c1ccc(B(c2c(C)cc(C)cc2C)c2c(C)cc(C)cc2C)cc1. The molecule has 5 rings (SSSR count). The van der Waals surface area contributed by atoms with Gasteiger partial charge in [0.15, 0.2) is 0 Å². The van der Waals surface area contributed by atoms with Gasteiger partial charge in [-0.15, -0.1) is 0 Å². The Morgan fingerprint density at radius 1 is 0.524 bits per heavy atom. The summed E-state index contributed by atoms with van der Waals surface area (Å²) in [6.07, 6.45) is 2.26. The first-order valence-electron chi connectivity index (χ1n) is 15.2. The molecule has 0 spiro atoms. The van der Waals surface area contributed by atoms with Crippen molar-refractivity contribution in [3.63, 3.8) is 0 Å². The van der Waals surface area contributed by atoms with Gasteiger partial charge in [0.2, 0.25) is 0 Å². The summed E-state index contributed by atoms with van der Waals surface area (Å²) in [5.41, 5.74) is 12.4. The second-order valence-electron chi connectivity index (χ2n) is 12.2. The van der Waals surface area contributed by atoms with E-state index in [0.717, 1.165) is 12.6 Å². The summed E-state index contributed by atoms with van der Waals surface area (Å²) in [5.74, 6) is 0. The summed E-state index contributed by atoms with van der Waals surface area (Å²) in [6, 6.07) is 41.8. The summed E-state index contributed by atoms with van der Waals surface area (Å²) < 4.78 is -2.75. The van der Waals surface area contributed by atoms with Crippen LogP contribution in [0.2, 0.25) is 0 Å². The predicted molar refractivity (Wildman–Crippen MR) is 200 cm³/mol. The molecule has 42 heavy (non-hydrogen) atoms. The van der Waals surface area contributed by atoms with Crippen molar-refractivity contribution >= 4 is 65.3 Å². The van der Waals surface area contributed by atoms with E-state index < -0.39 is 4.25 Å². The van der Waals surface area contributed by atoms with E-state index in [1.165, 1.54) is 65.7 Å². The zero-order valence-electron chi connectivity index (χ0n) is 26.2. The number of hydrogen-bond acceptors (Lipinski definition) is 0. The fraction of sp³-hybridized carbons (Fsp3) is 0.231. The Morgan fingerprint density at radius 2 is 0.881 bits per heavy atom. The second kappa shape index (κ2) is 12.1. The van der Waals surface area contributed by atoms with Gasteiger partial charge in [0.1, 0.15) is 0 Å². The van der Waals surface area contributed by atoms with Crippen molar-refractivity contribution < 1.29 is 0 Å². The Morgan fingerprint density at radius 3 is 1.24 bits per heavy atom. The molecule has 5 aromatic rings. The number of hydrogen-bond donors (Lipinski definition) is 0. The van der Waals surface area contributed by atoms with Crippen LogP contribution < -0.4 is 32.3 Å². The number of rotatable bonds is 8. The molecule has 0 fully saturated rings. The van der Waals surface area contributed by atoms with Gasteiger partial charge in [0, 0.05) is 0 Å². The number of benzene rings is 5. The maximum atomic E-state index is 2.92. The summed E-state index contributed by atoms with van der Waals surface area (Å²) in [6.45, 7) is 16.1. The van der Waals surface area contributed by atoms with E-state index in [0.29, 0.717) is 0 Å². The van der Waals surface area contributed by atoms with Crippen LogP contribution in [0.3, 0.4) is 0 Å². The van der Waals surface area contributed by atoms with E-state index in [-0.39, 0.29) is 6.71 Å². The van der Waals surface area contributed by atoms with Crippen LogP contribution in [0.5, 0.6) is 0 Å². The van der Waals surface area contributed by atoms with Crippen LogP contribution in [0, 0.1) is 41.5 Å². The molecular weight excluding hydrogens is 637 g/mol. The van der Waals surface area contributed by atoms with Crippen LogP contribution in [-0.4, -0.2) is 12.9 Å². The zero-order chi connectivity index (χ0) is 30.1. The van der Waals surface area contributed by atoms with Crippen LogP contribution in [0.1, 0.15) is 46.7 Å². The second-order valence-corrected chi connectivity index (χ2v) is 23.0. The van der Waals surface area contributed by atoms with Gasteiger partial charge in [-0.05, 0) is 0 Å². The van der Waals surface area contributed by atoms with Crippen molar-refractivity contribution in [3.8, 4) is 0 Å². The Bertz CT molecular complexity index is 1560. The molecule has 0 saturated heterocycles. The average Bonchev–Trinajstić information content (AvgIpc) is 2.96. The third-order valence-corrected chi connectivity index (χ3v) is 20.9. The van der Waals surface area contributed by atoms with Crippen molar-refractivity contribution in [3.05, 3.63) is 143 Å². The monoisotopic (exact) mass is 680 g/mol. The summed E-state index contributed by atoms with van der Waals surface area (Å²) in [5, 5.41) is 4.37. The normalized spacial score (nSPS) is 12.5. The van der Waals surface area contributed by atoms with Crippen molar-refractivity contribution in [1.82, 2.24) is 0 Å². The van der Waals surface area contributed by atoms with Gasteiger partial charge in [-0.2, -0.15) is 0 Å². The molecule has 0 aliphatic carbocycles. The van der Waals surface area contributed by atoms with Gasteiger partial charge in [0.25, 0.3) is 0 Å². The molecule has 0 heterocycles. The van der Waals surface area contributed by atoms with E-state index in [4.69, 9.17) is 0 Å². The van der Waals surface area contributed by atoms with Crippen molar-refractivity contribution in [2.45, 2.75) is 54.9 Å². The standard InChI is InChI=1S/C39H43BIP/c1-8-23-42(41,35-15-11-9-12-16-35,36-17-13-10-14-18-36)37-21-19-34(20-22-37)40(38-30(4)24-28(2)25-31(38)5)39-32(6)26-29(3)27-33(39)7/h9-22,24-27H,8,23H2,1-7H3. The fourth-order valence-corrected chi connectivity index (χ4v) is 16.7. The molecular formula is C39H43BIP. The van der Waals surface area contributed by atoms with E-state index in [9.17, 15) is 0 Å². The van der Waals surface area contributed by atoms with Crippen molar-refractivity contribution in [1.29, 1.82) is 0 Å². The Kier molecular flexibility index (Phi) is 8.89. The van der Waals surface area contributed by atoms with Crippen LogP contribution in [0.15, 0.2) is 109 Å². The molecule has 0 unspecified atom stereocenters. The van der Waals surface area contributed by atoms with E-state index in [1.54, 1.807) is 0 Å². The van der Waals surface area contributed by atoms with Crippen molar-refractivity contribution in [2.75, 3.05) is 6.16 Å². The molecule has 0 aliphatic heterocycles. The third kappa shape index (κ3) is 5.31. The summed E-state index contributed by atoms with van der Waals surface area (Å²) in [7, 11) is 0. The topological polar surface area (TPSA) is 0 Å². The molecule has 0 nitrogen and oxygen atoms in total. The van der Waals surface area contributed by atoms with Crippen LogP contribution in [0.4, 0.5) is 0 Å². The minimum atomic E-state index is -2.75. The molecule has 214 valence electrons. The van der Waals surface area contributed by atoms with Gasteiger partial charge in [0.05, 0.1) is 0 Å².